The number of methoxy groups -OCH3 is 1. The molecular formula is C13H19FN2O2. The summed E-state index contributed by atoms with van der Waals surface area (Å²) in [5.41, 5.74) is 6.95. The van der Waals surface area contributed by atoms with Gasteiger partial charge < -0.3 is 15.8 Å². The number of carbonyl (C=O) groups excluding carboxylic acids is 1. The van der Waals surface area contributed by atoms with Crippen LogP contribution in [0, 0.1) is 12.7 Å². The summed E-state index contributed by atoms with van der Waals surface area (Å²) in [5, 5.41) is 2.67. The van der Waals surface area contributed by atoms with Crippen molar-refractivity contribution in [2.45, 2.75) is 25.9 Å². The Morgan fingerprint density at radius 3 is 2.89 bits per heavy atom. The molecule has 100 valence electrons. The SMILES string of the molecule is COCCC(N)C(=O)NCc1ccc(C)c(F)c1. The Morgan fingerprint density at radius 1 is 1.56 bits per heavy atom. The van der Waals surface area contributed by atoms with Crippen LogP contribution in [0.1, 0.15) is 17.5 Å². The van der Waals surface area contributed by atoms with Crippen LogP contribution in [0.25, 0.3) is 0 Å². The molecule has 0 heterocycles. The third-order valence-electron chi connectivity index (χ3n) is 2.67. The zero-order valence-corrected chi connectivity index (χ0v) is 10.7. The van der Waals surface area contributed by atoms with Gasteiger partial charge in [-0.15, -0.1) is 0 Å². The van der Waals surface area contributed by atoms with Crippen LogP contribution in [-0.4, -0.2) is 25.7 Å². The molecule has 1 atom stereocenters. The van der Waals surface area contributed by atoms with E-state index in [1.807, 2.05) is 0 Å². The summed E-state index contributed by atoms with van der Waals surface area (Å²) in [5.74, 6) is -0.529. The van der Waals surface area contributed by atoms with Crippen molar-refractivity contribution in [1.82, 2.24) is 5.32 Å². The Hall–Kier alpha value is -1.46. The number of halogens is 1. The Balaban J connectivity index is 2.44. The van der Waals surface area contributed by atoms with E-state index in [0.717, 1.165) is 0 Å². The predicted molar refractivity (Wildman–Crippen MR) is 67.5 cm³/mol. The molecule has 0 aliphatic rings. The number of nitrogens with two attached hydrogens (primary N) is 1. The van der Waals surface area contributed by atoms with Gasteiger partial charge in [0.2, 0.25) is 5.91 Å². The van der Waals surface area contributed by atoms with Crippen molar-refractivity contribution < 1.29 is 13.9 Å². The van der Waals surface area contributed by atoms with E-state index in [0.29, 0.717) is 24.2 Å². The van der Waals surface area contributed by atoms with Gasteiger partial charge in [-0.1, -0.05) is 12.1 Å². The summed E-state index contributed by atoms with van der Waals surface area (Å²) >= 11 is 0. The van der Waals surface area contributed by atoms with Crippen LogP contribution in [0.4, 0.5) is 4.39 Å². The van der Waals surface area contributed by atoms with Crippen molar-refractivity contribution in [2.24, 2.45) is 5.73 Å². The summed E-state index contributed by atoms with van der Waals surface area (Å²) in [4.78, 5) is 11.6. The molecule has 1 unspecified atom stereocenters. The molecule has 18 heavy (non-hydrogen) atoms. The van der Waals surface area contributed by atoms with Crippen molar-refractivity contribution in [2.75, 3.05) is 13.7 Å². The lowest BCUT2D eigenvalue weighted by Crippen LogP contribution is -2.40. The van der Waals surface area contributed by atoms with E-state index in [1.54, 1.807) is 26.2 Å². The molecule has 0 aliphatic heterocycles. The average molecular weight is 254 g/mol. The Bertz CT molecular complexity index is 410. The van der Waals surface area contributed by atoms with Crippen LogP contribution >= 0.6 is 0 Å². The van der Waals surface area contributed by atoms with Crippen LogP contribution < -0.4 is 11.1 Å². The second-order valence-corrected chi connectivity index (χ2v) is 4.19. The third-order valence-corrected chi connectivity index (χ3v) is 2.67. The van der Waals surface area contributed by atoms with Crippen LogP contribution in [0.5, 0.6) is 0 Å². The summed E-state index contributed by atoms with van der Waals surface area (Å²) in [7, 11) is 1.56. The van der Waals surface area contributed by atoms with Gasteiger partial charge in [0.25, 0.3) is 0 Å². The molecule has 0 fully saturated rings. The smallest absolute Gasteiger partial charge is 0.237 e. The predicted octanol–water partition coefficient (Wildman–Crippen LogP) is 1.11. The first-order valence-corrected chi connectivity index (χ1v) is 5.82. The number of aryl methyl sites for hydroxylation is 1. The first kappa shape index (κ1) is 14.6. The lowest BCUT2D eigenvalue weighted by atomic mass is 10.1. The first-order valence-electron chi connectivity index (χ1n) is 5.82. The summed E-state index contributed by atoms with van der Waals surface area (Å²) in [6.45, 7) is 2.41. The van der Waals surface area contributed by atoms with Crippen molar-refractivity contribution in [3.05, 3.63) is 35.1 Å². The Morgan fingerprint density at radius 2 is 2.28 bits per heavy atom. The topological polar surface area (TPSA) is 64.3 Å². The van der Waals surface area contributed by atoms with E-state index in [4.69, 9.17) is 10.5 Å². The fourth-order valence-corrected chi connectivity index (χ4v) is 1.44. The second-order valence-electron chi connectivity index (χ2n) is 4.19. The third kappa shape index (κ3) is 4.43. The largest absolute Gasteiger partial charge is 0.385 e. The average Bonchev–Trinajstić information content (AvgIpc) is 2.36. The minimum Gasteiger partial charge on any atom is -0.385 e. The molecule has 0 aliphatic carbocycles. The highest BCUT2D eigenvalue weighted by Crippen LogP contribution is 2.08. The molecule has 0 radical (unpaired) electrons. The van der Waals surface area contributed by atoms with Crippen LogP contribution in [0.15, 0.2) is 18.2 Å². The Kier molecular flexibility index (Phi) is 5.74. The first-order chi connectivity index (χ1) is 8.54. The van der Waals surface area contributed by atoms with Gasteiger partial charge in [-0.25, -0.2) is 4.39 Å². The zero-order valence-electron chi connectivity index (χ0n) is 10.7. The number of nitrogens with one attached hydrogen (secondary N) is 1. The number of carbonyl (C=O) groups is 1. The van der Waals surface area contributed by atoms with Crippen LogP contribution in [0.2, 0.25) is 0 Å². The zero-order chi connectivity index (χ0) is 13.5. The molecule has 4 nitrogen and oxygen atoms in total. The summed E-state index contributed by atoms with van der Waals surface area (Å²) in [6.07, 6.45) is 0.463. The number of hydrogen-bond donors (Lipinski definition) is 2. The van der Waals surface area contributed by atoms with Crippen molar-refractivity contribution in [1.29, 1.82) is 0 Å². The normalized spacial score (nSPS) is 12.2. The summed E-state index contributed by atoms with van der Waals surface area (Å²) in [6, 6.07) is 4.28. The van der Waals surface area contributed by atoms with Gasteiger partial charge in [-0.2, -0.15) is 0 Å². The van der Waals surface area contributed by atoms with E-state index in [-0.39, 0.29) is 18.3 Å². The van der Waals surface area contributed by atoms with Crippen molar-refractivity contribution in [3.8, 4) is 0 Å². The lowest BCUT2D eigenvalue weighted by molar-refractivity contribution is -0.122. The molecule has 0 spiro atoms. The van der Waals surface area contributed by atoms with Gasteiger partial charge in [0.05, 0.1) is 6.04 Å². The molecule has 5 heteroatoms. The highest BCUT2D eigenvalue weighted by Gasteiger charge is 2.12. The number of hydrogen-bond acceptors (Lipinski definition) is 3. The van der Waals surface area contributed by atoms with Gasteiger partial charge in [-0.05, 0) is 30.5 Å². The molecule has 1 rings (SSSR count). The van der Waals surface area contributed by atoms with E-state index in [2.05, 4.69) is 5.32 Å². The number of ether oxygens (including phenoxy) is 1. The molecule has 1 aromatic rings. The van der Waals surface area contributed by atoms with Crippen LogP contribution in [0.3, 0.4) is 0 Å². The monoisotopic (exact) mass is 254 g/mol. The molecule has 0 bridgehead atoms. The Labute approximate surface area is 106 Å². The van der Waals surface area contributed by atoms with E-state index in [1.165, 1.54) is 6.07 Å². The van der Waals surface area contributed by atoms with Gasteiger partial charge >= 0.3 is 0 Å². The maximum atomic E-state index is 13.3. The van der Waals surface area contributed by atoms with E-state index < -0.39 is 6.04 Å². The number of rotatable bonds is 6. The number of benzene rings is 1. The fourth-order valence-electron chi connectivity index (χ4n) is 1.44. The molecule has 0 saturated carbocycles. The van der Waals surface area contributed by atoms with Gasteiger partial charge in [0.15, 0.2) is 0 Å². The van der Waals surface area contributed by atoms with Gasteiger partial charge in [0.1, 0.15) is 5.82 Å². The van der Waals surface area contributed by atoms with Crippen molar-refractivity contribution in [3.63, 3.8) is 0 Å². The van der Waals surface area contributed by atoms with E-state index >= 15 is 0 Å². The van der Waals surface area contributed by atoms with Crippen LogP contribution in [-0.2, 0) is 16.1 Å². The fraction of sp³-hybridized carbons (Fsp3) is 0.462. The minimum atomic E-state index is -0.597. The molecule has 0 aromatic heterocycles. The van der Waals surface area contributed by atoms with Gasteiger partial charge in [-0.3, -0.25) is 4.79 Å². The second kappa shape index (κ2) is 7.08. The standard InChI is InChI=1S/C13H19FN2O2/c1-9-3-4-10(7-11(9)14)8-16-13(17)12(15)5-6-18-2/h3-4,7,12H,5-6,8,15H2,1-2H3,(H,16,17). The minimum absolute atomic E-state index is 0.256. The molecule has 1 aromatic carbocycles. The number of amides is 1. The van der Waals surface area contributed by atoms with Gasteiger partial charge in [0, 0.05) is 20.3 Å². The highest BCUT2D eigenvalue weighted by atomic mass is 19.1. The van der Waals surface area contributed by atoms with E-state index in [9.17, 15) is 9.18 Å². The molecule has 0 saturated heterocycles. The lowest BCUT2D eigenvalue weighted by Gasteiger charge is -2.12. The highest BCUT2D eigenvalue weighted by molar-refractivity contribution is 5.81. The summed E-state index contributed by atoms with van der Waals surface area (Å²) < 4.78 is 18.1. The maximum absolute atomic E-state index is 13.3. The van der Waals surface area contributed by atoms with Crippen molar-refractivity contribution >= 4 is 5.91 Å². The maximum Gasteiger partial charge on any atom is 0.237 e. The quantitative estimate of drug-likeness (QED) is 0.799. The molecular weight excluding hydrogens is 235 g/mol. The molecule has 3 N–H and O–H groups in total. The molecule has 1 amide bonds.